The molecular weight excluding hydrogens is 223 g/mol. The van der Waals surface area contributed by atoms with Crippen molar-refractivity contribution in [3.8, 4) is 6.07 Å². The summed E-state index contributed by atoms with van der Waals surface area (Å²) >= 11 is 1.85. The minimum absolute atomic E-state index is 0.332. The molecule has 2 nitrogen and oxygen atoms in total. The lowest BCUT2D eigenvalue weighted by Crippen LogP contribution is -2.17. The van der Waals surface area contributed by atoms with Crippen LogP contribution in [0.2, 0.25) is 0 Å². The average molecular weight is 236 g/mol. The summed E-state index contributed by atoms with van der Waals surface area (Å²) in [6.45, 7) is 0.836. The van der Waals surface area contributed by atoms with Crippen molar-refractivity contribution in [3.05, 3.63) is 29.6 Å². The van der Waals surface area contributed by atoms with Crippen molar-refractivity contribution >= 4 is 17.4 Å². The molecule has 0 spiro atoms. The Kier molecular flexibility index (Phi) is 3.06. The number of thioether (sulfide) groups is 1. The van der Waals surface area contributed by atoms with Gasteiger partial charge in [-0.05, 0) is 37.3 Å². The van der Waals surface area contributed by atoms with Gasteiger partial charge in [-0.2, -0.15) is 17.0 Å². The smallest absolute Gasteiger partial charge is 0.126 e. The van der Waals surface area contributed by atoms with Gasteiger partial charge in [0, 0.05) is 17.0 Å². The van der Waals surface area contributed by atoms with Gasteiger partial charge in [-0.15, -0.1) is 0 Å². The van der Waals surface area contributed by atoms with Crippen LogP contribution in [0.5, 0.6) is 0 Å². The van der Waals surface area contributed by atoms with E-state index in [9.17, 15) is 4.39 Å². The SMILES string of the molecule is CSC1(CNc2cc(F)cc(C#N)c2)CC1. The van der Waals surface area contributed by atoms with Crippen LogP contribution >= 0.6 is 11.8 Å². The van der Waals surface area contributed by atoms with Crippen LogP contribution in [-0.4, -0.2) is 17.5 Å². The third kappa shape index (κ3) is 2.48. The molecule has 2 rings (SSSR count). The number of nitrogens with one attached hydrogen (secondary N) is 1. The second-order valence-corrected chi connectivity index (χ2v) is 5.36. The van der Waals surface area contributed by atoms with Gasteiger partial charge in [0.1, 0.15) is 5.82 Å². The Labute approximate surface area is 98.8 Å². The molecule has 84 valence electrons. The molecule has 0 bridgehead atoms. The van der Waals surface area contributed by atoms with Crippen LogP contribution in [-0.2, 0) is 0 Å². The molecule has 0 radical (unpaired) electrons. The van der Waals surface area contributed by atoms with E-state index in [1.54, 1.807) is 6.07 Å². The summed E-state index contributed by atoms with van der Waals surface area (Å²) in [6.07, 6.45) is 4.52. The topological polar surface area (TPSA) is 35.8 Å². The van der Waals surface area contributed by atoms with E-state index in [-0.39, 0.29) is 5.82 Å². The van der Waals surface area contributed by atoms with Crippen molar-refractivity contribution in [2.75, 3.05) is 18.1 Å². The summed E-state index contributed by atoms with van der Waals surface area (Å²) < 4.78 is 13.5. The van der Waals surface area contributed by atoms with Crippen molar-refractivity contribution < 1.29 is 4.39 Å². The van der Waals surface area contributed by atoms with Gasteiger partial charge in [-0.1, -0.05) is 0 Å². The monoisotopic (exact) mass is 236 g/mol. The molecule has 0 saturated heterocycles. The number of anilines is 1. The van der Waals surface area contributed by atoms with Crippen LogP contribution in [0.15, 0.2) is 18.2 Å². The number of rotatable bonds is 4. The molecular formula is C12H13FN2S. The highest BCUT2D eigenvalue weighted by molar-refractivity contribution is 8.00. The number of nitrogens with zero attached hydrogens (tertiary/aromatic N) is 1. The second-order valence-electron chi connectivity index (χ2n) is 4.08. The highest BCUT2D eigenvalue weighted by atomic mass is 32.2. The summed E-state index contributed by atoms with van der Waals surface area (Å²) in [6, 6.07) is 6.30. The van der Waals surface area contributed by atoms with E-state index < -0.39 is 0 Å². The summed E-state index contributed by atoms with van der Waals surface area (Å²) in [5, 5.41) is 11.9. The Morgan fingerprint density at radius 2 is 2.25 bits per heavy atom. The third-order valence-corrected chi connectivity index (χ3v) is 4.30. The average Bonchev–Trinajstić information content (AvgIpc) is 3.06. The maximum absolute atomic E-state index is 13.1. The van der Waals surface area contributed by atoms with E-state index >= 15 is 0 Å². The number of hydrogen-bond donors (Lipinski definition) is 1. The molecule has 4 heteroatoms. The zero-order valence-electron chi connectivity index (χ0n) is 9.09. The molecule has 1 aliphatic carbocycles. The molecule has 0 aliphatic heterocycles. The molecule has 16 heavy (non-hydrogen) atoms. The molecule has 1 saturated carbocycles. The summed E-state index contributed by atoms with van der Waals surface area (Å²) in [5.74, 6) is -0.365. The van der Waals surface area contributed by atoms with Gasteiger partial charge in [0.05, 0.1) is 11.6 Å². The molecule has 0 atom stereocenters. The predicted octanol–water partition coefficient (Wildman–Crippen LogP) is 3.00. The summed E-state index contributed by atoms with van der Waals surface area (Å²) in [5.41, 5.74) is 1.05. The first-order valence-corrected chi connectivity index (χ1v) is 6.40. The van der Waals surface area contributed by atoms with E-state index in [0.717, 1.165) is 6.54 Å². The quantitative estimate of drug-likeness (QED) is 0.873. The van der Waals surface area contributed by atoms with Gasteiger partial charge in [0.15, 0.2) is 0 Å². The molecule has 0 unspecified atom stereocenters. The Bertz CT molecular complexity index is 435. The maximum atomic E-state index is 13.1. The van der Waals surface area contributed by atoms with Crippen LogP contribution in [0.3, 0.4) is 0 Å². The predicted molar refractivity (Wildman–Crippen MR) is 65.1 cm³/mol. The first kappa shape index (κ1) is 11.3. The van der Waals surface area contributed by atoms with Crippen molar-refractivity contribution in [1.82, 2.24) is 0 Å². The van der Waals surface area contributed by atoms with Gasteiger partial charge >= 0.3 is 0 Å². The maximum Gasteiger partial charge on any atom is 0.126 e. The minimum Gasteiger partial charge on any atom is -0.384 e. The van der Waals surface area contributed by atoms with E-state index in [1.165, 1.54) is 25.0 Å². The molecule has 1 N–H and O–H groups in total. The van der Waals surface area contributed by atoms with Crippen molar-refractivity contribution in [2.24, 2.45) is 0 Å². The fourth-order valence-corrected chi connectivity index (χ4v) is 2.34. The lowest BCUT2D eigenvalue weighted by molar-refractivity contribution is 0.627. The van der Waals surface area contributed by atoms with Crippen LogP contribution < -0.4 is 5.32 Å². The fraction of sp³-hybridized carbons (Fsp3) is 0.417. The van der Waals surface area contributed by atoms with E-state index in [4.69, 9.17) is 5.26 Å². The number of nitriles is 1. The zero-order valence-corrected chi connectivity index (χ0v) is 9.90. The van der Waals surface area contributed by atoms with E-state index in [0.29, 0.717) is 16.0 Å². The number of hydrogen-bond acceptors (Lipinski definition) is 3. The highest BCUT2D eigenvalue weighted by Crippen LogP contribution is 2.47. The number of halogens is 1. The van der Waals surface area contributed by atoms with Crippen molar-refractivity contribution in [1.29, 1.82) is 5.26 Å². The van der Waals surface area contributed by atoms with Crippen molar-refractivity contribution in [2.45, 2.75) is 17.6 Å². The Morgan fingerprint density at radius 3 is 2.81 bits per heavy atom. The van der Waals surface area contributed by atoms with Gasteiger partial charge in [0.25, 0.3) is 0 Å². The minimum atomic E-state index is -0.365. The van der Waals surface area contributed by atoms with Gasteiger partial charge in [0.2, 0.25) is 0 Å². The van der Waals surface area contributed by atoms with Gasteiger partial charge < -0.3 is 5.32 Å². The third-order valence-electron chi connectivity index (χ3n) is 2.88. The Balaban J connectivity index is 2.04. The molecule has 1 aromatic rings. The molecule has 0 heterocycles. The lowest BCUT2D eigenvalue weighted by atomic mass is 10.2. The van der Waals surface area contributed by atoms with E-state index in [2.05, 4.69) is 11.6 Å². The lowest BCUT2D eigenvalue weighted by Gasteiger charge is -2.14. The summed E-state index contributed by atoms with van der Waals surface area (Å²) in [4.78, 5) is 0. The summed E-state index contributed by atoms with van der Waals surface area (Å²) in [7, 11) is 0. The fourth-order valence-electron chi connectivity index (χ4n) is 1.61. The molecule has 0 aromatic heterocycles. The molecule has 1 fully saturated rings. The Morgan fingerprint density at radius 1 is 1.50 bits per heavy atom. The normalized spacial score (nSPS) is 16.6. The molecule has 1 aliphatic rings. The van der Waals surface area contributed by atoms with Gasteiger partial charge in [-0.3, -0.25) is 0 Å². The standard InChI is InChI=1S/C12H13FN2S/c1-16-12(2-3-12)8-15-11-5-9(7-14)4-10(13)6-11/h4-6,15H,2-3,8H2,1H3. The largest absolute Gasteiger partial charge is 0.384 e. The zero-order chi connectivity index (χ0) is 11.6. The van der Waals surface area contributed by atoms with Crippen LogP contribution in [0.25, 0.3) is 0 Å². The van der Waals surface area contributed by atoms with Crippen LogP contribution in [0.4, 0.5) is 10.1 Å². The number of benzene rings is 1. The Hall–Kier alpha value is -1.21. The molecule has 1 aromatic carbocycles. The first-order chi connectivity index (χ1) is 7.67. The van der Waals surface area contributed by atoms with Crippen molar-refractivity contribution in [3.63, 3.8) is 0 Å². The van der Waals surface area contributed by atoms with Crippen LogP contribution in [0.1, 0.15) is 18.4 Å². The second kappa shape index (κ2) is 4.34. The van der Waals surface area contributed by atoms with Gasteiger partial charge in [-0.25, -0.2) is 4.39 Å². The highest BCUT2D eigenvalue weighted by Gasteiger charge is 2.41. The van der Waals surface area contributed by atoms with E-state index in [1.807, 2.05) is 17.8 Å². The molecule has 0 amide bonds. The van der Waals surface area contributed by atoms with Crippen LogP contribution in [0, 0.1) is 17.1 Å². The first-order valence-electron chi connectivity index (χ1n) is 5.17.